The van der Waals surface area contributed by atoms with Gasteiger partial charge in [0.25, 0.3) is 5.91 Å². The number of benzene rings is 1. The highest BCUT2D eigenvalue weighted by Crippen LogP contribution is 2.29. The van der Waals surface area contributed by atoms with Crippen LogP contribution in [-0.2, 0) is 11.3 Å². The summed E-state index contributed by atoms with van der Waals surface area (Å²) < 4.78 is 0. The summed E-state index contributed by atoms with van der Waals surface area (Å²) in [5.74, 6) is 0.382. The second-order valence-corrected chi connectivity index (χ2v) is 8.49. The summed E-state index contributed by atoms with van der Waals surface area (Å²) in [7, 11) is 3.52. The molecule has 2 N–H and O–H groups in total. The zero-order chi connectivity index (χ0) is 20.7. The number of likely N-dealkylation sites (N-methyl/N-ethyl adjacent to an activating group) is 2. The molecule has 1 aromatic carbocycles. The van der Waals surface area contributed by atoms with E-state index in [2.05, 4.69) is 15.6 Å². The third-order valence-corrected chi connectivity index (χ3v) is 6.43. The molecule has 1 aromatic rings. The summed E-state index contributed by atoms with van der Waals surface area (Å²) in [5, 5.41) is 7.61. The average molecular weight is 439 g/mol. The molecule has 0 radical (unpaired) electrons. The third kappa shape index (κ3) is 3.76. The topological polar surface area (TPSA) is 80.3 Å². The summed E-state index contributed by atoms with van der Waals surface area (Å²) >= 11 is 12.1. The number of guanidine groups is 1. The highest BCUT2D eigenvalue weighted by atomic mass is 35.5. The Morgan fingerprint density at radius 2 is 2.00 bits per heavy atom. The highest BCUT2D eigenvalue weighted by Gasteiger charge is 2.51. The number of amides is 3. The van der Waals surface area contributed by atoms with Gasteiger partial charge in [0, 0.05) is 26.7 Å². The predicted molar refractivity (Wildman–Crippen MR) is 112 cm³/mol. The fraction of sp³-hybridized carbons (Fsp3) is 0.526. The van der Waals surface area contributed by atoms with Gasteiger partial charge < -0.3 is 20.4 Å². The number of carbonyl (C=O) groups is 2. The lowest BCUT2D eigenvalue weighted by Gasteiger charge is -2.40. The number of halogens is 2. The number of nitrogens with zero attached hydrogens (tertiary/aromatic N) is 4. The molecular weight excluding hydrogens is 415 g/mol. The molecule has 0 aliphatic carbocycles. The Kier molecular flexibility index (Phi) is 5.59. The van der Waals surface area contributed by atoms with E-state index in [4.69, 9.17) is 23.2 Å². The minimum absolute atomic E-state index is 0.130. The molecule has 3 amide bonds. The molecule has 2 fully saturated rings. The number of rotatable bonds is 3. The Morgan fingerprint density at radius 1 is 1.21 bits per heavy atom. The number of nitrogens with one attached hydrogen (secondary N) is 2. The van der Waals surface area contributed by atoms with Gasteiger partial charge in [0.15, 0.2) is 18.2 Å². The molecular formula is C19H24Cl2N6O2. The van der Waals surface area contributed by atoms with Crippen molar-refractivity contribution in [1.29, 1.82) is 0 Å². The van der Waals surface area contributed by atoms with E-state index >= 15 is 0 Å². The van der Waals surface area contributed by atoms with Gasteiger partial charge in [-0.2, -0.15) is 0 Å². The second-order valence-electron chi connectivity index (χ2n) is 7.68. The number of urea groups is 1. The standard InChI is InChI=1S/C19H24Cl2N6O2/c1-25-15-16(24-18(25)23-12-4-3-7-22-9-12)26(2)19(29)27(17(15)28)10-11-5-6-13(20)14(21)8-11/h5-6,8,12,15-16,22H,3-4,7,9-10H2,1-2H3,(H,23,24). The van der Waals surface area contributed by atoms with Crippen LogP contribution in [0.2, 0.25) is 10.0 Å². The molecule has 0 saturated carbocycles. The number of hydrogen-bond acceptors (Lipinski definition) is 6. The smallest absolute Gasteiger partial charge is 0.328 e. The van der Waals surface area contributed by atoms with Crippen molar-refractivity contribution in [3.8, 4) is 0 Å². The van der Waals surface area contributed by atoms with Gasteiger partial charge in [0.1, 0.15) is 0 Å². The zero-order valence-corrected chi connectivity index (χ0v) is 17.9. The van der Waals surface area contributed by atoms with E-state index in [0.29, 0.717) is 16.0 Å². The first-order chi connectivity index (χ1) is 13.9. The molecule has 10 heteroatoms. The average Bonchev–Trinajstić information content (AvgIpc) is 3.03. The van der Waals surface area contributed by atoms with Crippen molar-refractivity contribution >= 4 is 41.1 Å². The molecule has 29 heavy (non-hydrogen) atoms. The van der Waals surface area contributed by atoms with Crippen LogP contribution in [0, 0.1) is 0 Å². The van der Waals surface area contributed by atoms with Crippen LogP contribution in [0.25, 0.3) is 0 Å². The van der Waals surface area contributed by atoms with Gasteiger partial charge in [-0.3, -0.25) is 9.69 Å². The second kappa shape index (κ2) is 8.01. The van der Waals surface area contributed by atoms with E-state index in [9.17, 15) is 9.59 Å². The molecule has 3 heterocycles. The minimum Gasteiger partial charge on any atom is -0.352 e. The van der Waals surface area contributed by atoms with E-state index in [0.717, 1.165) is 31.5 Å². The fourth-order valence-corrected chi connectivity index (χ4v) is 4.35. The molecule has 0 spiro atoms. The van der Waals surface area contributed by atoms with Crippen LogP contribution in [0.1, 0.15) is 18.4 Å². The predicted octanol–water partition coefficient (Wildman–Crippen LogP) is 1.73. The first-order valence-corrected chi connectivity index (χ1v) is 10.4. The first kappa shape index (κ1) is 20.3. The van der Waals surface area contributed by atoms with Gasteiger partial charge in [-0.1, -0.05) is 29.3 Å². The van der Waals surface area contributed by atoms with Crippen LogP contribution < -0.4 is 10.6 Å². The Labute approximate surface area is 179 Å². The highest BCUT2D eigenvalue weighted by molar-refractivity contribution is 6.42. The molecule has 0 aromatic heterocycles. The maximum absolute atomic E-state index is 13.2. The first-order valence-electron chi connectivity index (χ1n) is 9.67. The minimum atomic E-state index is -0.556. The number of aliphatic imine (C=N–C) groups is 1. The van der Waals surface area contributed by atoms with Gasteiger partial charge in [0.2, 0.25) is 0 Å². The lowest BCUT2D eigenvalue weighted by Crippen LogP contribution is -2.64. The summed E-state index contributed by atoms with van der Waals surface area (Å²) in [6, 6.07) is 4.43. The van der Waals surface area contributed by atoms with E-state index in [1.165, 1.54) is 9.80 Å². The molecule has 2 saturated heterocycles. The lowest BCUT2D eigenvalue weighted by molar-refractivity contribution is -0.137. The van der Waals surface area contributed by atoms with Gasteiger partial charge in [0.05, 0.1) is 16.6 Å². The van der Waals surface area contributed by atoms with Crippen molar-refractivity contribution in [3.05, 3.63) is 33.8 Å². The molecule has 3 aliphatic heterocycles. The Bertz CT molecular complexity index is 857. The Hall–Kier alpha value is -2.03. The monoisotopic (exact) mass is 438 g/mol. The van der Waals surface area contributed by atoms with Crippen molar-refractivity contribution in [2.75, 3.05) is 27.2 Å². The number of fused-ring (bicyclic) bond motifs is 1. The van der Waals surface area contributed by atoms with Crippen LogP contribution in [-0.4, -0.2) is 78.0 Å². The molecule has 3 atom stereocenters. The molecule has 156 valence electrons. The number of imide groups is 1. The number of hydrogen-bond donors (Lipinski definition) is 2. The van der Waals surface area contributed by atoms with Crippen molar-refractivity contribution in [2.45, 2.75) is 37.6 Å². The number of piperidine rings is 1. The molecule has 0 bridgehead atoms. The fourth-order valence-electron chi connectivity index (χ4n) is 4.03. The molecule has 3 aliphatic rings. The van der Waals surface area contributed by atoms with Crippen molar-refractivity contribution < 1.29 is 9.59 Å². The van der Waals surface area contributed by atoms with Crippen LogP contribution in [0.5, 0.6) is 0 Å². The quantitative estimate of drug-likeness (QED) is 0.750. The van der Waals surface area contributed by atoms with E-state index in [1.807, 2.05) is 11.9 Å². The lowest BCUT2D eigenvalue weighted by atomic mass is 10.1. The largest absolute Gasteiger partial charge is 0.352 e. The third-order valence-electron chi connectivity index (χ3n) is 5.69. The molecule has 3 unspecified atom stereocenters. The van der Waals surface area contributed by atoms with Crippen LogP contribution in [0.3, 0.4) is 0 Å². The number of carbonyl (C=O) groups excluding carboxylic acids is 2. The Balaban J connectivity index is 1.53. The maximum atomic E-state index is 13.2. The summed E-state index contributed by atoms with van der Waals surface area (Å²) in [4.78, 5) is 35.4. The van der Waals surface area contributed by atoms with E-state index < -0.39 is 12.2 Å². The SMILES string of the molecule is CN1C(=O)N(Cc2ccc(Cl)c(Cl)c2)C(=O)C2C1N=C(NC1CCCNC1)N2C. The van der Waals surface area contributed by atoms with Crippen molar-refractivity contribution in [2.24, 2.45) is 4.99 Å². The van der Waals surface area contributed by atoms with Crippen LogP contribution >= 0.6 is 23.2 Å². The molecule has 4 rings (SSSR count). The van der Waals surface area contributed by atoms with E-state index in [-0.39, 0.29) is 24.5 Å². The van der Waals surface area contributed by atoms with Gasteiger partial charge in [-0.15, -0.1) is 0 Å². The normalized spacial score (nSPS) is 27.2. The summed E-state index contributed by atoms with van der Waals surface area (Å²) in [5.41, 5.74) is 0.737. The van der Waals surface area contributed by atoms with E-state index in [1.54, 1.807) is 25.2 Å². The summed E-state index contributed by atoms with van der Waals surface area (Å²) in [6.07, 6.45) is 1.60. The van der Waals surface area contributed by atoms with Crippen molar-refractivity contribution in [3.63, 3.8) is 0 Å². The van der Waals surface area contributed by atoms with Crippen molar-refractivity contribution in [1.82, 2.24) is 25.3 Å². The van der Waals surface area contributed by atoms with Crippen LogP contribution in [0.15, 0.2) is 23.2 Å². The van der Waals surface area contributed by atoms with Gasteiger partial charge >= 0.3 is 6.03 Å². The van der Waals surface area contributed by atoms with Gasteiger partial charge in [-0.25, -0.2) is 9.79 Å². The zero-order valence-electron chi connectivity index (χ0n) is 16.4. The molecule has 8 nitrogen and oxygen atoms in total. The van der Waals surface area contributed by atoms with Gasteiger partial charge in [-0.05, 0) is 37.1 Å². The summed E-state index contributed by atoms with van der Waals surface area (Å²) in [6.45, 7) is 2.00. The van der Waals surface area contributed by atoms with Crippen LogP contribution in [0.4, 0.5) is 4.79 Å². The maximum Gasteiger partial charge on any atom is 0.328 e. The Morgan fingerprint density at radius 3 is 2.69 bits per heavy atom.